The number of carbonyl (C=O) groups excluding carboxylic acids is 2. The zero-order valence-corrected chi connectivity index (χ0v) is 16.4. The molecule has 3 aromatic rings. The van der Waals surface area contributed by atoms with Gasteiger partial charge < -0.3 is 10.6 Å². The lowest BCUT2D eigenvalue weighted by Crippen LogP contribution is -2.44. The third kappa shape index (κ3) is 4.59. The Morgan fingerprint density at radius 1 is 1.23 bits per heavy atom. The van der Waals surface area contributed by atoms with Gasteiger partial charge in [0.2, 0.25) is 5.91 Å². The van der Waals surface area contributed by atoms with Crippen LogP contribution in [0.1, 0.15) is 22.2 Å². The smallest absolute Gasteiger partial charge is 0.262 e. The van der Waals surface area contributed by atoms with Gasteiger partial charge in [-0.3, -0.25) is 9.59 Å². The van der Waals surface area contributed by atoms with E-state index in [2.05, 4.69) is 31.7 Å². The maximum atomic E-state index is 12.2. The molecule has 0 fully saturated rings. The summed E-state index contributed by atoms with van der Waals surface area (Å²) in [4.78, 5) is 24.9. The van der Waals surface area contributed by atoms with Gasteiger partial charge in [0.1, 0.15) is 6.04 Å². The summed E-state index contributed by atoms with van der Waals surface area (Å²) in [6.07, 6.45) is 3.57. The number of aromatic nitrogens is 2. The number of nitrogens with one attached hydrogen (secondary N) is 2. The van der Waals surface area contributed by atoms with Crippen molar-refractivity contribution in [3.63, 3.8) is 0 Å². The van der Waals surface area contributed by atoms with Crippen LogP contribution >= 0.6 is 27.3 Å². The van der Waals surface area contributed by atoms with E-state index in [-0.39, 0.29) is 11.8 Å². The second-order valence-electron chi connectivity index (χ2n) is 5.65. The molecule has 1 atom stereocenters. The molecule has 0 radical (unpaired) electrons. The minimum atomic E-state index is -0.632. The average molecular weight is 433 g/mol. The van der Waals surface area contributed by atoms with E-state index in [1.54, 1.807) is 29.9 Å². The number of para-hydroxylation sites is 1. The Morgan fingerprint density at radius 2 is 2.00 bits per heavy atom. The highest BCUT2D eigenvalue weighted by molar-refractivity contribution is 9.11. The van der Waals surface area contributed by atoms with Crippen molar-refractivity contribution in [2.45, 2.75) is 19.5 Å². The fourth-order valence-electron chi connectivity index (χ4n) is 2.29. The van der Waals surface area contributed by atoms with Gasteiger partial charge in [0.05, 0.1) is 20.5 Å². The Kier molecular flexibility index (Phi) is 5.85. The fourth-order valence-corrected chi connectivity index (χ4v) is 3.57. The fraction of sp³-hybridized carbons (Fsp3) is 0.167. The Bertz CT molecular complexity index is 907. The van der Waals surface area contributed by atoms with Gasteiger partial charge in [-0.2, -0.15) is 5.10 Å². The number of halogens is 1. The van der Waals surface area contributed by atoms with E-state index in [1.807, 2.05) is 36.5 Å². The maximum absolute atomic E-state index is 12.2. The first-order valence-corrected chi connectivity index (χ1v) is 9.57. The van der Waals surface area contributed by atoms with Crippen LogP contribution in [-0.4, -0.2) is 27.6 Å². The second-order valence-corrected chi connectivity index (χ2v) is 8.11. The number of amides is 2. The molecule has 0 bridgehead atoms. The lowest BCUT2D eigenvalue weighted by molar-refractivity contribution is -0.122. The number of hydrogen-bond donors (Lipinski definition) is 2. The van der Waals surface area contributed by atoms with Crippen molar-refractivity contribution in [3.8, 4) is 5.69 Å². The molecule has 2 amide bonds. The molecule has 0 saturated carbocycles. The van der Waals surface area contributed by atoms with Gasteiger partial charge in [-0.05, 0) is 47.1 Å². The largest absolute Gasteiger partial charge is 0.350 e. The highest BCUT2D eigenvalue weighted by Crippen LogP contribution is 2.21. The molecule has 1 unspecified atom stereocenters. The minimum Gasteiger partial charge on any atom is -0.350 e. The summed E-state index contributed by atoms with van der Waals surface area (Å²) in [5.41, 5.74) is 1.83. The van der Waals surface area contributed by atoms with Gasteiger partial charge >= 0.3 is 0 Å². The monoisotopic (exact) mass is 432 g/mol. The number of carbonyl (C=O) groups is 2. The molecule has 0 spiro atoms. The predicted octanol–water partition coefficient (Wildman–Crippen LogP) is 3.13. The molecule has 0 aliphatic carbocycles. The molecule has 2 N–H and O–H groups in total. The predicted molar refractivity (Wildman–Crippen MR) is 104 cm³/mol. The topological polar surface area (TPSA) is 76.0 Å². The molecule has 0 aliphatic rings. The zero-order valence-electron chi connectivity index (χ0n) is 14.0. The zero-order chi connectivity index (χ0) is 18.5. The molecule has 134 valence electrons. The van der Waals surface area contributed by atoms with Crippen molar-refractivity contribution in [2.75, 3.05) is 0 Å². The number of nitrogens with zero attached hydrogens (tertiary/aromatic N) is 2. The summed E-state index contributed by atoms with van der Waals surface area (Å²) in [6.45, 7) is 2.00. The van der Waals surface area contributed by atoms with E-state index in [0.29, 0.717) is 11.4 Å². The summed E-state index contributed by atoms with van der Waals surface area (Å²) < 4.78 is 2.62. The highest BCUT2D eigenvalue weighted by Gasteiger charge is 2.17. The van der Waals surface area contributed by atoms with Gasteiger partial charge in [0, 0.05) is 18.3 Å². The molecular weight excluding hydrogens is 416 g/mol. The molecular formula is C18H17BrN4O2S. The highest BCUT2D eigenvalue weighted by atomic mass is 79.9. The molecule has 0 aliphatic heterocycles. The molecule has 0 saturated heterocycles. The van der Waals surface area contributed by atoms with Crippen molar-refractivity contribution < 1.29 is 9.59 Å². The van der Waals surface area contributed by atoms with E-state index >= 15 is 0 Å². The van der Waals surface area contributed by atoms with Gasteiger partial charge in [0.25, 0.3) is 5.91 Å². The lowest BCUT2D eigenvalue weighted by atomic mass is 10.2. The minimum absolute atomic E-state index is 0.249. The van der Waals surface area contributed by atoms with Crippen LogP contribution in [-0.2, 0) is 11.3 Å². The third-order valence-corrected chi connectivity index (χ3v) is 5.28. The SMILES string of the molecule is CC(NC(=O)c1ccc(Br)s1)C(=O)NCc1cnn(-c2ccccc2)c1. The van der Waals surface area contributed by atoms with Gasteiger partial charge in [-0.15, -0.1) is 11.3 Å². The Hall–Kier alpha value is -2.45. The lowest BCUT2D eigenvalue weighted by Gasteiger charge is -2.13. The van der Waals surface area contributed by atoms with Crippen molar-refractivity contribution in [2.24, 2.45) is 0 Å². The van der Waals surface area contributed by atoms with Crippen LogP contribution in [0, 0.1) is 0 Å². The van der Waals surface area contributed by atoms with Crippen LogP contribution in [0.5, 0.6) is 0 Å². The first-order chi connectivity index (χ1) is 12.5. The number of rotatable bonds is 6. The number of hydrogen-bond acceptors (Lipinski definition) is 4. The Labute approximate surface area is 163 Å². The summed E-state index contributed by atoms with van der Waals surface area (Å²) in [7, 11) is 0. The van der Waals surface area contributed by atoms with E-state index in [1.165, 1.54) is 11.3 Å². The Morgan fingerprint density at radius 3 is 2.69 bits per heavy atom. The van der Waals surface area contributed by atoms with Gasteiger partial charge in [-0.1, -0.05) is 18.2 Å². The van der Waals surface area contributed by atoms with Gasteiger partial charge in [-0.25, -0.2) is 4.68 Å². The summed E-state index contributed by atoms with van der Waals surface area (Å²) in [6, 6.07) is 12.6. The first-order valence-electron chi connectivity index (χ1n) is 7.96. The molecule has 6 nitrogen and oxygen atoms in total. The molecule has 8 heteroatoms. The van der Waals surface area contributed by atoms with Crippen LogP contribution in [0.2, 0.25) is 0 Å². The first kappa shape index (κ1) is 18.3. The van der Waals surface area contributed by atoms with Crippen LogP contribution in [0.3, 0.4) is 0 Å². The normalized spacial score (nSPS) is 11.8. The maximum Gasteiger partial charge on any atom is 0.262 e. The third-order valence-electron chi connectivity index (χ3n) is 3.66. The van der Waals surface area contributed by atoms with E-state index in [4.69, 9.17) is 0 Å². The molecule has 26 heavy (non-hydrogen) atoms. The summed E-state index contributed by atoms with van der Waals surface area (Å²) >= 11 is 4.64. The van der Waals surface area contributed by atoms with Crippen molar-refractivity contribution >= 4 is 39.1 Å². The molecule has 2 heterocycles. The van der Waals surface area contributed by atoms with E-state index in [9.17, 15) is 9.59 Å². The van der Waals surface area contributed by atoms with Crippen LogP contribution in [0.25, 0.3) is 5.69 Å². The van der Waals surface area contributed by atoms with Crippen molar-refractivity contribution in [1.29, 1.82) is 0 Å². The van der Waals surface area contributed by atoms with E-state index in [0.717, 1.165) is 15.0 Å². The van der Waals surface area contributed by atoms with Gasteiger partial charge in [0.15, 0.2) is 0 Å². The van der Waals surface area contributed by atoms with E-state index < -0.39 is 6.04 Å². The van der Waals surface area contributed by atoms with Crippen molar-refractivity contribution in [3.05, 3.63) is 69.1 Å². The van der Waals surface area contributed by atoms with Crippen LogP contribution in [0.15, 0.2) is 58.6 Å². The number of benzene rings is 1. The molecule has 1 aromatic carbocycles. The van der Waals surface area contributed by atoms with Crippen molar-refractivity contribution in [1.82, 2.24) is 20.4 Å². The second kappa shape index (κ2) is 8.29. The molecule has 3 rings (SSSR count). The van der Waals surface area contributed by atoms with Crippen LogP contribution < -0.4 is 10.6 Å². The van der Waals surface area contributed by atoms with Crippen LogP contribution in [0.4, 0.5) is 0 Å². The quantitative estimate of drug-likeness (QED) is 0.627. The summed E-state index contributed by atoms with van der Waals surface area (Å²) in [5, 5.41) is 9.80. The standard InChI is InChI=1S/C18H17BrN4O2S/c1-12(22-18(25)15-7-8-16(19)26-15)17(24)20-9-13-10-21-23(11-13)14-5-3-2-4-6-14/h2-8,10-12H,9H2,1H3,(H,20,24)(H,22,25). The Balaban J connectivity index is 1.52. The number of thiophene rings is 1. The molecule has 2 aromatic heterocycles. The average Bonchev–Trinajstić information content (AvgIpc) is 3.29. The summed E-state index contributed by atoms with van der Waals surface area (Å²) in [5.74, 6) is -0.512.